The molecule has 1 aromatic rings. The molecule has 1 atom stereocenters. The van der Waals surface area contributed by atoms with Gasteiger partial charge in [0.25, 0.3) is 5.91 Å². The van der Waals surface area contributed by atoms with Crippen molar-refractivity contribution in [3.63, 3.8) is 0 Å². The van der Waals surface area contributed by atoms with E-state index >= 15 is 0 Å². The van der Waals surface area contributed by atoms with E-state index in [2.05, 4.69) is 22.5 Å². The Labute approximate surface area is 183 Å². The van der Waals surface area contributed by atoms with Crippen LogP contribution in [0.15, 0.2) is 22.8 Å². The molecule has 4 rings (SSSR count). The lowest BCUT2D eigenvalue weighted by atomic mass is 9.75. The molecule has 2 N–H and O–H groups in total. The van der Waals surface area contributed by atoms with Gasteiger partial charge in [0.15, 0.2) is 0 Å². The van der Waals surface area contributed by atoms with Crippen molar-refractivity contribution in [1.29, 1.82) is 0 Å². The molecule has 0 bridgehead atoms. The molecule has 3 aliphatic rings. The molecule has 1 aromatic heterocycles. The minimum absolute atomic E-state index is 0.0435. The van der Waals surface area contributed by atoms with Crippen molar-refractivity contribution >= 4 is 17.8 Å². The molecule has 8 nitrogen and oxygen atoms in total. The zero-order valence-corrected chi connectivity index (χ0v) is 18.4. The van der Waals surface area contributed by atoms with Crippen LogP contribution in [0.25, 0.3) is 0 Å². The number of nitrogens with one attached hydrogen (secondary N) is 2. The van der Waals surface area contributed by atoms with Crippen LogP contribution in [0.3, 0.4) is 0 Å². The molecule has 1 spiro atoms. The molecule has 8 heteroatoms. The lowest BCUT2D eigenvalue weighted by Gasteiger charge is -2.34. The smallest absolute Gasteiger partial charge is 0.325 e. The molecular weight excluding hydrogens is 396 g/mol. The number of carbonyl (C=O) groups is 3. The summed E-state index contributed by atoms with van der Waals surface area (Å²) in [4.78, 5) is 41.6. The fraction of sp³-hybridized carbons (Fsp3) is 0.696. The highest BCUT2D eigenvalue weighted by Crippen LogP contribution is 2.37. The van der Waals surface area contributed by atoms with Crippen molar-refractivity contribution in [3.8, 4) is 0 Å². The Balaban J connectivity index is 1.34. The molecule has 4 amide bonds. The quantitative estimate of drug-likeness (QED) is 0.649. The maximum Gasteiger partial charge on any atom is 0.325 e. The van der Waals surface area contributed by atoms with Gasteiger partial charge in [-0.3, -0.25) is 19.4 Å². The van der Waals surface area contributed by atoms with E-state index in [0.717, 1.165) is 55.9 Å². The molecule has 1 aliphatic carbocycles. The van der Waals surface area contributed by atoms with Gasteiger partial charge in [-0.25, -0.2) is 4.79 Å². The number of rotatable bonds is 7. The molecule has 3 fully saturated rings. The third-order valence-corrected chi connectivity index (χ3v) is 7.28. The highest BCUT2D eigenvalue weighted by Gasteiger charge is 2.52. The predicted octanol–water partition coefficient (Wildman–Crippen LogP) is 2.81. The van der Waals surface area contributed by atoms with Crippen molar-refractivity contribution in [2.45, 2.75) is 69.9 Å². The lowest BCUT2D eigenvalue weighted by molar-refractivity contribution is -0.136. The Morgan fingerprint density at radius 1 is 1.26 bits per heavy atom. The number of hydrogen-bond acceptors (Lipinski definition) is 5. The van der Waals surface area contributed by atoms with Gasteiger partial charge >= 0.3 is 6.03 Å². The lowest BCUT2D eigenvalue weighted by Crippen LogP contribution is -2.50. The zero-order valence-electron chi connectivity index (χ0n) is 18.4. The van der Waals surface area contributed by atoms with Crippen LogP contribution in [0.4, 0.5) is 4.79 Å². The number of piperidine rings is 1. The Kier molecular flexibility index (Phi) is 6.65. The first-order valence-electron chi connectivity index (χ1n) is 11.7. The number of amides is 4. The van der Waals surface area contributed by atoms with Crippen LogP contribution < -0.4 is 10.6 Å². The minimum Gasteiger partial charge on any atom is -0.468 e. The SMILES string of the molecule is CCC1CCC2(CC1)NC(=O)N(CC(=O)NCC(c1ccco1)N1CCCCC1)C2=O. The van der Waals surface area contributed by atoms with Gasteiger partial charge < -0.3 is 15.1 Å². The molecule has 1 unspecified atom stereocenters. The topological polar surface area (TPSA) is 94.9 Å². The van der Waals surface area contributed by atoms with E-state index in [9.17, 15) is 14.4 Å². The maximum absolute atomic E-state index is 13.0. The summed E-state index contributed by atoms with van der Waals surface area (Å²) in [6.07, 6.45) is 9.41. The minimum atomic E-state index is -0.812. The van der Waals surface area contributed by atoms with Crippen molar-refractivity contribution in [1.82, 2.24) is 20.4 Å². The van der Waals surface area contributed by atoms with E-state index in [0.29, 0.717) is 25.3 Å². The van der Waals surface area contributed by atoms with Gasteiger partial charge in [0.1, 0.15) is 17.8 Å². The number of imide groups is 1. The Bertz CT molecular complexity index is 780. The van der Waals surface area contributed by atoms with E-state index in [1.807, 2.05) is 12.1 Å². The van der Waals surface area contributed by atoms with Gasteiger partial charge in [0, 0.05) is 6.54 Å². The second-order valence-corrected chi connectivity index (χ2v) is 9.19. The molecule has 170 valence electrons. The molecule has 3 heterocycles. The fourth-order valence-corrected chi connectivity index (χ4v) is 5.27. The van der Waals surface area contributed by atoms with Crippen LogP contribution in [0.2, 0.25) is 0 Å². The molecule has 2 saturated heterocycles. The van der Waals surface area contributed by atoms with E-state index in [1.165, 1.54) is 6.42 Å². The van der Waals surface area contributed by atoms with E-state index in [4.69, 9.17) is 4.42 Å². The Hall–Kier alpha value is -2.35. The number of likely N-dealkylation sites (tertiary alicyclic amines) is 1. The highest BCUT2D eigenvalue weighted by molar-refractivity contribution is 6.09. The van der Waals surface area contributed by atoms with Crippen molar-refractivity contribution < 1.29 is 18.8 Å². The molecule has 0 radical (unpaired) electrons. The van der Waals surface area contributed by atoms with Gasteiger partial charge in [-0.15, -0.1) is 0 Å². The van der Waals surface area contributed by atoms with Crippen molar-refractivity contribution in [3.05, 3.63) is 24.2 Å². The summed E-state index contributed by atoms with van der Waals surface area (Å²) in [7, 11) is 0. The molecule has 31 heavy (non-hydrogen) atoms. The van der Waals surface area contributed by atoms with Crippen LogP contribution in [0, 0.1) is 5.92 Å². The fourth-order valence-electron chi connectivity index (χ4n) is 5.27. The largest absolute Gasteiger partial charge is 0.468 e. The van der Waals surface area contributed by atoms with Gasteiger partial charge in [-0.1, -0.05) is 19.8 Å². The van der Waals surface area contributed by atoms with E-state index in [1.54, 1.807) is 6.26 Å². The van der Waals surface area contributed by atoms with Crippen molar-refractivity contribution in [2.24, 2.45) is 5.92 Å². The summed E-state index contributed by atoms with van der Waals surface area (Å²) in [6.45, 7) is 4.24. The third kappa shape index (κ3) is 4.63. The maximum atomic E-state index is 13.0. The number of furan rings is 1. The van der Waals surface area contributed by atoms with Crippen LogP contribution in [-0.4, -0.2) is 59.4 Å². The molecular formula is C23H34N4O4. The summed E-state index contributed by atoms with van der Waals surface area (Å²) < 4.78 is 5.62. The first-order chi connectivity index (χ1) is 15.0. The average molecular weight is 431 g/mol. The van der Waals surface area contributed by atoms with Gasteiger partial charge in [0.05, 0.1) is 12.3 Å². The summed E-state index contributed by atoms with van der Waals surface area (Å²) >= 11 is 0. The van der Waals surface area contributed by atoms with Crippen molar-refractivity contribution in [2.75, 3.05) is 26.2 Å². The van der Waals surface area contributed by atoms with Crippen LogP contribution in [0.5, 0.6) is 0 Å². The normalized spacial score (nSPS) is 28.0. The zero-order chi connectivity index (χ0) is 21.8. The van der Waals surface area contributed by atoms with Gasteiger partial charge in [0.2, 0.25) is 5.91 Å². The summed E-state index contributed by atoms with van der Waals surface area (Å²) in [5.41, 5.74) is -0.812. The monoisotopic (exact) mass is 430 g/mol. The van der Waals surface area contributed by atoms with Crippen LogP contribution in [-0.2, 0) is 9.59 Å². The number of hydrogen-bond donors (Lipinski definition) is 2. The summed E-state index contributed by atoms with van der Waals surface area (Å²) in [5, 5.41) is 5.82. The Morgan fingerprint density at radius 2 is 2.00 bits per heavy atom. The van der Waals surface area contributed by atoms with E-state index < -0.39 is 11.6 Å². The van der Waals surface area contributed by atoms with Gasteiger partial charge in [-0.2, -0.15) is 0 Å². The summed E-state index contributed by atoms with van der Waals surface area (Å²) in [6, 6.07) is 3.29. The second-order valence-electron chi connectivity index (χ2n) is 9.19. The third-order valence-electron chi connectivity index (χ3n) is 7.28. The first-order valence-corrected chi connectivity index (χ1v) is 11.7. The van der Waals surface area contributed by atoms with Crippen LogP contribution >= 0.6 is 0 Å². The standard InChI is InChI=1S/C23H34N4O4/c1-2-17-8-10-23(11-9-17)21(29)27(22(30)25-23)16-20(28)24-15-18(19-7-6-14-31-19)26-12-4-3-5-13-26/h6-7,14,17-18H,2-5,8-13,15-16H2,1H3,(H,24,28)(H,25,30). The molecule has 1 saturated carbocycles. The molecule has 0 aromatic carbocycles. The van der Waals surface area contributed by atoms with Crippen LogP contribution in [0.1, 0.15) is 70.1 Å². The van der Waals surface area contributed by atoms with E-state index in [-0.39, 0.29) is 24.4 Å². The Morgan fingerprint density at radius 3 is 2.65 bits per heavy atom. The first kappa shape index (κ1) is 21.9. The summed E-state index contributed by atoms with van der Waals surface area (Å²) in [5.74, 6) is 0.863. The number of nitrogens with zero attached hydrogens (tertiary/aromatic N) is 2. The second kappa shape index (κ2) is 9.42. The predicted molar refractivity (Wildman–Crippen MR) is 115 cm³/mol. The molecule has 2 aliphatic heterocycles. The van der Waals surface area contributed by atoms with Gasteiger partial charge in [-0.05, 0) is 69.7 Å². The number of carbonyl (C=O) groups excluding carboxylic acids is 3. The number of urea groups is 1. The highest BCUT2D eigenvalue weighted by atomic mass is 16.3. The average Bonchev–Trinajstić information content (AvgIpc) is 3.39.